The number of carboxylic acids is 1. The Labute approximate surface area is 108 Å². The third-order valence-electron chi connectivity index (χ3n) is 2.02. The highest BCUT2D eigenvalue weighted by Crippen LogP contribution is 2.12. The van der Waals surface area contributed by atoms with Crippen molar-refractivity contribution in [3.8, 4) is 0 Å². The maximum atomic E-state index is 10.8. The van der Waals surface area contributed by atoms with Crippen LogP contribution in [0.2, 0.25) is 0 Å². The van der Waals surface area contributed by atoms with Gasteiger partial charge in [-0.2, -0.15) is 16.7 Å². The van der Waals surface area contributed by atoms with Crippen LogP contribution in [0.15, 0.2) is 4.52 Å². The smallest absolute Gasteiger partial charge is 0.326 e. The Morgan fingerprint density at radius 3 is 2.78 bits per heavy atom. The fourth-order valence-corrected chi connectivity index (χ4v) is 2.10. The summed E-state index contributed by atoms with van der Waals surface area (Å²) in [4.78, 5) is 25.7. The number of nitrogens with one attached hydrogen (secondary N) is 1. The number of aromatic nitrogens is 2. The molecule has 1 atom stereocenters. The zero-order valence-corrected chi connectivity index (χ0v) is 11.0. The van der Waals surface area contributed by atoms with Crippen molar-refractivity contribution in [2.24, 2.45) is 0 Å². The molecular weight excluding hydrogens is 258 g/mol. The van der Waals surface area contributed by atoms with E-state index in [-0.39, 0.29) is 5.91 Å². The largest absolute Gasteiger partial charge is 0.480 e. The molecule has 0 aliphatic carbocycles. The molecule has 0 radical (unpaired) electrons. The molecule has 1 unspecified atom stereocenters. The molecule has 1 heterocycles. The van der Waals surface area contributed by atoms with E-state index in [1.54, 1.807) is 6.92 Å². The van der Waals surface area contributed by atoms with Gasteiger partial charge in [-0.15, -0.1) is 0 Å². The van der Waals surface area contributed by atoms with Crippen molar-refractivity contribution in [3.05, 3.63) is 11.7 Å². The van der Waals surface area contributed by atoms with E-state index >= 15 is 0 Å². The van der Waals surface area contributed by atoms with E-state index in [2.05, 4.69) is 15.5 Å². The van der Waals surface area contributed by atoms with E-state index < -0.39 is 12.0 Å². The Kier molecular flexibility index (Phi) is 5.63. The van der Waals surface area contributed by atoms with Gasteiger partial charge in [0.15, 0.2) is 5.82 Å². The van der Waals surface area contributed by atoms with Crippen LogP contribution < -0.4 is 5.32 Å². The first-order valence-corrected chi connectivity index (χ1v) is 6.51. The van der Waals surface area contributed by atoms with Gasteiger partial charge in [0.05, 0.1) is 5.75 Å². The number of carboxylic acid groups (broad SMARTS) is 1. The van der Waals surface area contributed by atoms with Crippen molar-refractivity contribution in [1.82, 2.24) is 15.5 Å². The number of aliphatic carboxylic acids is 1. The van der Waals surface area contributed by atoms with Crippen molar-refractivity contribution in [2.45, 2.75) is 32.1 Å². The summed E-state index contributed by atoms with van der Waals surface area (Å²) in [5.41, 5.74) is 0. The molecule has 0 aliphatic heterocycles. The minimum atomic E-state index is -1.03. The number of aryl methyl sites for hydroxylation is 1. The predicted octanol–water partition coefficient (Wildman–Crippen LogP) is 0.591. The molecule has 7 nitrogen and oxygen atoms in total. The molecule has 0 aliphatic rings. The maximum absolute atomic E-state index is 10.8. The fraction of sp³-hybridized carbons (Fsp3) is 0.600. The van der Waals surface area contributed by atoms with E-state index in [1.807, 2.05) is 0 Å². The standard InChI is InChI=1S/C10H15N3O4S/c1-6-11-9(17-13-6)5-18-4-3-8(10(15)16)12-7(2)14/h8H,3-5H2,1-2H3,(H,12,14)(H,15,16). The topological polar surface area (TPSA) is 105 Å². The minimum Gasteiger partial charge on any atom is -0.480 e. The van der Waals surface area contributed by atoms with Crippen molar-refractivity contribution in [1.29, 1.82) is 0 Å². The molecule has 100 valence electrons. The molecule has 0 aromatic carbocycles. The molecule has 0 spiro atoms. The van der Waals surface area contributed by atoms with Gasteiger partial charge in [-0.25, -0.2) is 4.79 Å². The number of rotatable bonds is 7. The maximum Gasteiger partial charge on any atom is 0.326 e. The first-order chi connectivity index (χ1) is 8.49. The van der Waals surface area contributed by atoms with Crippen LogP contribution in [0, 0.1) is 6.92 Å². The van der Waals surface area contributed by atoms with Crippen LogP contribution in [0.25, 0.3) is 0 Å². The van der Waals surface area contributed by atoms with Crippen molar-refractivity contribution >= 4 is 23.6 Å². The monoisotopic (exact) mass is 273 g/mol. The number of thioether (sulfide) groups is 1. The Balaban J connectivity index is 2.26. The molecule has 1 rings (SSSR count). The summed E-state index contributed by atoms with van der Waals surface area (Å²) >= 11 is 1.48. The van der Waals surface area contributed by atoms with Gasteiger partial charge >= 0.3 is 5.97 Å². The summed E-state index contributed by atoms with van der Waals surface area (Å²) in [5, 5.41) is 14.9. The number of hydrogen-bond donors (Lipinski definition) is 2. The first-order valence-electron chi connectivity index (χ1n) is 5.36. The minimum absolute atomic E-state index is 0.347. The highest BCUT2D eigenvalue weighted by atomic mass is 32.2. The van der Waals surface area contributed by atoms with E-state index in [4.69, 9.17) is 9.63 Å². The molecule has 0 saturated heterocycles. The summed E-state index contributed by atoms with van der Waals surface area (Å²) in [6.45, 7) is 3.03. The van der Waals surface area contributed by atoms with Gasteiger partial charge in [0, 0.05) is 6.92 Å². The molecule has 1 amide bonds. The van der Waals surface area contributed by atoms with Gasteiger partial charge in [-0.1, -0.05) is 5.16 Å². The third-order valence-corrected chi connectivity index (χ3v) is 3.00. The summed E-state index contributed by atoms with van der Waals surface area (Å²) in [6.07, 6.45) is 0.354. The quantitative estimate of drug-likeness (QED) is 0.700. The zero-order valence-electron chi connectivity index (χ0n) is 10.2. The number of nitrogens with zero attached hydrogens (tertiary/aromatic N) is 2. The van der Waals surface area contributed by atoms with Crippen LogP contribution in [0.5, 0.6) is 0 Å². The Hall–Kier alpha value is -1.57. The molecule has 0 fully saturated rings. The van der Waals surface area contributed by atoms with Gasteiger partial charge in [-0.3, -0.25) is 4.79 Å². The second kappa shape index (κ2) is 7.00. The Bertz CT molecular complexity index is 421. The van der Waals surface area contributed by atoms with Gasteiger partial charge in [0.25, 0.3) is 0 Å². The average Bonchev–Trinajstić information content (AvgIpc) is 2.68. The molecular formula is C10H15N3O4S. The van der Waals surface area contributed by atoms with Gasteiger partial charge in [-0.05, 0) is 19.1 Å². The lowest BCUT2D eigenvalue weighted by atomic mass is 10.2. The number of hydrogen-bond acceptors (Lipinski definition) is 6. The molecule has 1 aromatic heterocycles. The molecule has 0 bridgehead atoms. The third kappa shape index (κ3) is 5.17. The first kappa shape index (κ1) is 14.5. The zero-order chi connectivity index (χ0) is 13.5. The molecule has 0 saturated carbocycles. The van der Waals surface area contributed by atoms with E-state index in [1.165, 1.54) is 18.7 Å². The van der Waals surface area contributed by atoms with Crippen LogP contribution in [0.4, 0.5) is 0 Å². The second-order valence-electron chi connectivity index (χ2n) is 3.67. The second-order valence-corrected chi connectivity index (χ2v) is 4.77. The lowest BCUT2D eigenvalue weighted by Gasteiger charge is -2.12. The van der Waals surface area contributed by atoms with Crippen LogP contribution >= 0.6 is 11.8 Å². The van der Waals surface area contributed by atoms with Crippen LogP contribution in [0.1, 0.15) is 25.1 Å². The van der Waals surface area contributed by atoms with E-state index in [0.29, 0.717) is 29.6 Å². The highest BCUT2D eigenvalue weighted by Gasteiger charge is 2.17. The fourth-order valence-electron chi connectivity index (χ4n) is 1.26. The van der Waals surface area contributed by atoms with E-state index in [9.17, 15) is 9.59 Å². The summed E-state index contributed by atoms with van der Waals surface area (Å²) < 4.78 is 4.92. The Morgan fingerprint density at radius 2 is 2.28 bits per heavy atom. The lowest BCUT2D eigenvalue weighted by Crippen LogP contribution is -2.39. The van der Waals surface area contributed by atoms with Gasteiger partial charge < -0.3 is 14.9 Å². The molecule has 18 heavy (non-hydrogen) atoms. The average molecular weight is 273 g/mol. The van der Waals surface area contributed by atoms with Gasteiger partial charge in [0.2, 0.25) is 11.8 Å². The number of amides is 1. The predicted molar refractivity (Wildman–Crippen MR) is 65.1 cm³/mol. The molecule has 1 aromatic rings. The molecule has 8 heteroatoms. The lowest BCUT2D eigenvalue weighted by molar-refractivity contribution is -0.141. The summed E-state index contributed by atoms with van der Waals surface area (Å²) in [5.74, 6) is 0.835. The SMILES string of the molecule is CC(=O)NC(CCSCc1nc(C)no1)C(=O)O. The molecule has 2 N–H and O–H groups in total. The number of carbonyl (C=O) groups excluding carboxylic acids is 1. The van der Waals surface area contributed by atoms with Crippen LogP contribution in [-0.4, -0.2) is 38.9 Å². The number of carbonyl (C=O) groups is 2. The van der Waals surface area contributed by atoms with E-state index in [0.717, 1.165) is 0 Å². The normalized spacial score (nSPS) is 12.1. The highest BCUT2D eigenvalue weighted by molar-refractivity contribution is 7.98. The Morgan fingerprint density at radius 1 is 1.56 bits per heavy atom. The summed E-state index contributed by atoms with van der Waals surface area (Å²) in [6, 6.07) is -0.848. The van der Waals surface area contributed by atoms with Crippen molar-refractivity contribution in [3.63, 3.8) is 0 Å². The van der Waals surface area contributed by atoms with Gasteiger partial charge in [0.1, 0.15) is 6.04 Å². The van der Waals surface area contributed by atoms with Crippen LogP contribution in [0.3, 0.4) is 0 Å². The van der Waals surface area contributed by atoms with Crippen LogP contribution in [-0.2, 0) is 15.3 Å². The summed E-state index contributed by atoms with van der Waals surface area (Å²) in [7, 11) is 0. The van der Waals surface area contributed by atoms with Crippen molar-refractivity contribution in [2.75, 3.05) is 5.75 Å². The van der Waals surface area contributed by atoms with Crippen molar-refractivity contribution < 1.29 is 19.2 Å².